The van der Waals surface area contributed by atoms with E-state index in [1.54, 1.807) is 11.3 Å². The molecule has 0 aliphatic heterocycles. The number of hydrogen-bond acceptors (Lipinski definition) is 3. The molecule has 120 valence electrons. The van der Waals surface area contributed by atoms with Crippen LogP contribution in [0.15, 0.2) is 30.3 Å². The van der Waals surface area contributed by atoms with Gasteiger partial charge in [0.2, 0.25) is 5.91 Å². The number of benzene rings is 1. The zero-order valence-electron chi connectivity index (χ0n) is 13.3. The van der Waals surface area contributed by atoms with Gasteiger partial charge in [0.1, 0.15) is 5.00 Å². The van der Waals surface area contributed by atoms with Crippen LogP contribution in [0, 0.1) is 5.92 Å². The maximum atomic E-state index is 12.8. The van der Waals surface area contributed by atoms with Crippen molar-refractivity contribution in [2.45, 2.75) is 33.1 Å². The number of carbonyl (C=O) groups is 2. The van der Waals surface area contributed by atoms with Gasteiger partial charge in [0, 0.05) is 17.5 Å². The number of para-hydroxylation sites is 1. The van der Waals surface area contributed by atoms with E-state index in [2.05, 4.69) is 17.6 Å². The summed E-state index contributed by atoms with van der Waals surface area (Å²) < 4.78 is 0. The van der Waals surface area contributed by atoms with Crippen molar-refractivity contribution >= 4 is 33.8 Å². The van der Waals surface area contributed by atoms with Crippen molar-refractivity contribution in [1.82, 2.24) is 0 Å². The number of rotatable bonds is 3. The lowest BCUT2D eigenvalue weighted by molar-refractivity contribution is -0.114. The average molecular weight is 328 g/mol. The van der Waals surface area contributed by atoms with E-state index in [1.807, 2.05) is 30.3 Å². The molecule has 1 unspecified atom stereocenters. The predicted molar refractivity (Wildman–Crippen MR) is 94.2 cm³/mol. The van der Waals surface area contributed by atoms with E-state index >= 15 is 0 Å². The molecule has 0 spiro atoms. The predicted octanol–water partition coefficient (Wildman–Crippen LogP) is 4.08. The Hall–Kier alpha value is -2.14. The van der Waals surface area contributed by atoms with Gasteiger partial charge in [-0.25, -0.2) is 0 Å². The molecule has 2 aromatic rings. The molecule has 1 heterocycles. The van der Waals surface area contributed by atoms with Crippen LogP contribution in [0.25, 0.3) is 0 Å². The third-order valence-corrected chi connectivity index (χ3v) is 5.23. The normalized spacial score (nSPS) is 16.5. The first-order valence-corrected chi connectivity index (χ1v) is 8.64. The van der Waals surface area contributed by atoms with Crippen LogP contribution in [0.1, 0.15) is 41.1 Å². The fourth-order valence-electron chi connectivity index (χ4n) is 2.95. The van der Waals surface area contributed by atoms with Gasteiger partial charge >= 0.3 is 0 Å². The lowest BCUT2D eigenvalue weighted by Crippen LogP contribution is -2.18. The second-order valence-electron chi connectivity index (χ2n) is 6.06. The molecule has 23 heavy (non-hydrogen) atoms. The standard InChI is InChI=1S/C18H20N2O2S/c1-11-8-9-14-15(10-11)23-18(19-12(2)21)16(14)17(22)20-13-6-4-3-5-7-13/h3-7,11H,8-10H2,1-2H3,(H,19,21)(H,20,22). The SMILES string of the molecule is CC(=O)Nc1sc2c(c1C(=O)Nc1ccccc1)CCC(C)C2. The Kier molecular flexibility index (Phi) is 4.48. The Labute approximate surface area is 139 Å². The number of thiophene rings is 1. The van der Waals surface area contributed by atoms with Crippen LogP contribution in [0.3, 0.4) is 0 Å². The summed E-state index contributed by atoms with van der Waals surface area (Å²) in [6.07, 6.45) is 2.95. The lowest BCUT2D eigenvalue weighted by Gasteiger charge is -2.18. The topological polar surface area (TPSA) is 58.2 Å². The third-order valence-electron chi connectivity index (χ3n) is 4.06. The second-order valence-corrected chi connectivity index (χ2v) is 7.16. The summed E-state index contributed by atoms with van der Waals surface area (Å²) in [6, 6.07) is 9.39. The van der Waals surface area contributed by atoms with Crippen LogP contribution in [0.4, 0.5) is 10.7 Å². The van der Waals surface area contributed by atoms with Crippen LogP contribution in [0.2, 0.25) is 0 Å². The molecule has 3 rings (SSSR count). The van der Waals surface area contributed by atoms with E-state index in [-0.39, 0.29) is 11.8 Å². The van der Waals surface area contributed by atoms with Gasteiger partial charge in [-0.05, 0) is 42.9 Å². The maximum Gasteiger partial charge on any atom is 0.258 e. The van der Waals surface area contributed by atoms with Crippen molar-refractivity contribution in [2.75, 3.05) is 10.6 Å². The number of carbonyl (C=O) groups excluding carboxylic acids is 2. The van der Waals surface area contributed by atoms with Crippen LogP contribution >= 0.6 is 11.3 Å². The van der Waals surface area contributed by atoms with Crippen LogP contribution in [-0.2, 0) is 17.6 Å². The Morgan fingerprint density at radius 1 is 1.17 bits per heavy atom. The van der Waals surface area contributed by atoms with Crippen LogP contribution in [-0.4, -0.2) is 11.8 Å². The summed E-state index contributed by atoms with van der Waals surface area (Å²) >= 11 is 1.54. The zero-order chi connectivity index (χ0) is 16.4. The molecule has 4 nitrogen and oxygen atoms in total. The highest BCUT2D eigenvalue weighted by Crippen LogP contribution is 2.40. The van der Waals surface area contributed by atoms with E-state index < -0.39 is 0 Å². The molecule has 0 saturated heterocycles. The van der Waals surface area contributed by atoms with Gasteiger partial charge < -0.3 is 10.6 Å². The molecule has 1 atom stereocenters. The third kappa shape index (κ3) is 3.45. The molecule has 5 heteroatoms. The first-order valence-electron chi connectivity index (χ1n) is 7.83. The molecule has 2 amide bonds. The summed E-state index contributed by atoms with van der Waals surface area (Å²) in [4.78, 5) is 25.5. The minimum atomic E-state index is -0.148. The van der Waals surface area contributed by atoms with E-state index in [0.717, 1.165) is 30.5 Å². The van der Waals surface area contributed by atoms with Gasteiger partial charge in [-0.1, -0.05) is 25.1 Å². The Balaban J connectivity index is 1.95. The number of nitrogens with one attached hydrogen (secondary N) is 2. The van der Waals surface area contributed by atoms with Crippen molar-refractivity contribution < 1.29 is 9.59 Å². The number of hydrogen-bond donors (Lipinski definition) is 2. The first kappa shape index (κ1) is 15.7. The highest BCUT2D eigenvalue weighted by molar-refractivity contribution is 7.17. The summed E-state index contributed by atoms with van der Waals surface area (Å²) in [6.45, 7) is 3.70. The fourth-order valence-corrected chi connectivity index (χ4v) is 4.41. The highest BCUT2D eigenvalue weighted by atomic mass is 32.1. The van der Waals surface area contributed by atoms with Crippen molar-refractivity contribution in [1.29, 1.82) is 0 Å². The molecule has 1 aliphatic rings. The highest BCUT2D eigenvalue weighted by Gasteiger charge is 2.28. The first-order chi connectivity index (χ1) is 11.0. The monoisotopic (exact) mass is 328 g/mol. The molecule has 2 N–H and O–H groups in total. The van der Waals surface area contributed by atoms with Crippen molar-refractivity contribution in [2.24, 2.45) is 5.92 Å². The van der Waals surface area contributed by atoms with Crippen molar-refractivity contribution in [3.05, 3.63) is 46.3 Å². The average Bonchev–Trinajstić information content (AvgIpc) is 2.84. The van der Waals surface area contributed by atoms with Crippen LogP contribution in [0.5, 0.6) is 0 Å². The van der Waals surface area contributed by atoms with E-state index in [1.165, 1.54) is 11.8 Å². The summed E-state index contributed by atoms with van der Waals surface area (Å²) in [7, 11) is 0. The molecule has 0 bridgehead atoms. The lowest BCUT2D eigenvalue weighted by atomic mass is 9.88. The van der Waals surface area contributed by atoms with Gasteiger partial charge in [-0.2, -0.15) is 0 Å². The summed E-state index contributed by atoms with van der Waals surface area (Å²) in [5.74, 6) is 0.328. The Bertz CT molecular complexity index is 737. The summed E-state index contributed by atoms with van der Waals surface area (Å²) in [5.41, 5.74) is 2.50. The molecule has 1 aromatic carbocycles. The van der Waals surface area contributed by atoms with Crippen LogP contribution < -0.4 is 10.6 Å². The Morgan fingerprint density at radius 3 is 2.61 bits per heavy atom. The largest absolute Gasteiger partial charge is 0.322 e. The van der Waals surface area contributed by atoms with E-state index in [9.17, 15) is 9.59 Å². The van der Waals surface area contributed by atoms with Gasteiger partial charge in [-0.3, -0.25) is 9.59 Å². The number of anilines is 2. The van der Waals surface area contributed by atoms with E-state index in [4.69, 9.17) is 0 Å². The minimum absolute atomic E-state index is 0.146. The molecule has 1 aliphatic carbocycles. The molecule has 0 radical (unpaired) electrons. The number of fused-ring (bicyclic) bond motifs is 1. The minimum Gasteiger partial charge on any atom is -0.322 e. The fraction of sp³-hybridized carbons (Fsp3) is 0.333. The second kappa shape index (κ2) is 6.54. The molecule has 0 fully saturated rings. The smallest absolute Gasteiger partial charge is 0.258 e. The Morgan fingerprint density at radius 2 is 1.91 bits per heavy atom. The molecular formula is C18H20N2O2S. The molecular weight excluding hydrogens is 308 g/mol. The molecule has 0 saturated carbocycles. The van der Waals surface area contributed by atoms with Crippen molar-refractivity contribution in [3.63, 3.8) is 0 Å². The van der Waals surface area contributed by atoms with Gasteiger partial charge in [0.05, 0.1) is 5.56 Å². The molecule has 1 aromatic heterocycles. The van der Waals surface area contributed by atoms with Gasteiger partial charge in [-0.15, -0.1) is 11.3 Å². The maximum absolute atomic E-state index is 12.8. The van der Waals surface area contributed by atoms with Gasteiger partial charge in [0.25, 0.3) is 5.91 Å². The summed E-state index contributed by atoms with van der Waals surface area (Å²) in [5, 5.41) is 6.44. The number of amides is 2. The van der Waals surface area contributed by atoms with E-state index in [0.29, 0.717) is 16.5 Å². The quantitative estimate of drug-likeness (QED) is 0.892. The zero-order valence-corrected chi connectivity index (χ0v) is 14.1. The van der Waals surface area contributed by atoms with Crippen molar-refractivity contribution in [3.8, 4) is 0 Å². The van der Waals surface area contributed by atoms with Gasteiger partial charge in [0.15, 0.2) is 0 Å².